The molecule has 3 atom stereocenters. The Bertz CT molecular complexity index is 1650. The molecular weight excluding hydrogens is 513 g/mol. The van der Waals surface area contributed by atoms with Crippen molar-refractivity contribution in [3.05, 3.63) is 52.7 Å². The smallest absolute Gasteiger partial charge is 0.319 e. The van der Waals surface area contributed by atoms with E-state index in [4.69, 9.17) is 9.72 Å². The Morgan fingerprint density at radius 1 is 1.18 bits per heavy atom. The van der Waals surface area contributed by atoms with Gasteiger partial charge in [0.15, 0.2) is 5.82 Å². The molecule has 1 aromatic carbocycles. The number of nitrogens with one attached hydrogen (secondary N) is 2. The van der Waals surface area contributed by atoms with E-state index in [1.54, 1.807) is 6.20 Å². The molecule has 2 bridgehead atoms. The molecule has 6 heterocycles. The van der Waals surface area contributed by atoms with E-state index in [0.29, 0.717) is 39.8 Å². The van der Waals surface area contributed by atoms with Gasteiger partial charge in [0.2, 0.25) is 5.56 Å². The number of benzene rings is 1. The molecule has 0 radical (unpaired) electrons. The topological polar surface area (TPSA) is 119 Å². The van der Waals surface area contributed by atoms with E-state index in [2.05, 4.69) is 30.1 Å². The third kappa shape index (κ3) is 4.20. The van der Waals surface area contributed by atoms with Crippen LogP contribution in [0.15, 0.2) is 41.3 Å². The Morgan fingerprint density at radius 2 is 1.98 bits per heavy atom. The van der Waals surface area contributed by atoms with Crippen molar-refractivity contribution in [1.29, 1.82) is 0 Å². The summed E-state index contributed by atoms with van der Waals surface area (Å²) in [5, 5.41) is 15.7. The highest BCUT2D eigenvalue weighted by molar-refractivity contribution is 5.97. The van der Waals surface area contributed by atoms with Crippen molar-refractivity contribution in [2.24, 2.45) is 0 Å². The summed E-state index contributed by atoms with van der Waals surface area (Å²) < 4.78 is 22.6. The lowest BCUT2D eigenvalue weighted by Crippen LogP contribution is -2.51. The minimum Gasteiger partial charge on any atom is -0.461 e. The summed E-state index contributed by atoms with van der Waals surface area (Å²) in [5.74, 6) is -0.0634. The second-order valence-electron chi connectivity index (χ2n) is 11.3. The van der Waals surface area contributed by atoms with Crippen LogP contribution in [0.2, 0.25) is 0 Å². The predicted octanol–water partition coefficient (Wildman–Crippen LogP) is 2.45. The number of halogens is 1. The van der Waals surface area contributed by atoms with E-state index in [1.807, 2.05) is 31.3 Å². The van der Waals surface area contributed by atoms with Crippen LogP contribution in [0.4, 0.5) is 10.2 Å². The number of likely N-dealkylation sites (tertiary alicyclic amines) is 1. The third-order valence-electron chi connectivity index (χ3n) is 8.87. The molecule has 10 nitrogen and oxygen atoms in total. The van der Waals surface area contributed by atoms with Crippen molar-refractivity contribution in [3.63, 3.8) is 0 Å². The molecule has 0 aliphatic carbocycles. The van der Waals surface area contributed by atoms with Crippen LogP contribution in [-0.2, 0) is 0 Å². The number of fused-ring (bicyclic) bond motifs is 4. The fraction of sp³-hybridized carbons (Fsp3) is 0.448. The fourth-order valence-corrected chi connectivity index (χ4v) is 6.58. The zero-order valence-electron chi connectivity index (χ0n) is 22.4. The number of hydrogen-bond donors (Lipinski definition) is 3. The molecule has 3 fully saturated rings. The van der Waals surface area contributed by atoms with Gasteiger partial charge in [-0.05, 0) is 44.7 Å². The quantitative estimate of drug-likeness (QED) is 0.336. The van der Waals surface area contributed by atoms with Crippen LogP contribution in [0.3, 0.4) is 0 Å². The van der Waals surface area contributed by atoms with E-state index < -0.39 is 11.4 Å². The molecular formula is C29H32FN7O3. The lowest BCUT2D eigenvalue weighted by atomic mass is 9.99. The summed E-state index contributed by atoms with van der Waals surface area (Å²) in [6.07, 6.45) is 5.52. The molecule has 2 unspecified atom stereocenters. The first kappa shape index (κ1) is 25.3. The Kier molecular flexibility index (Phi) is 6.17. The number of aromatic amines is 1. The highest BCUT2D eigenvalue weighted by Crippen LogP contribution is 2.35. The molecule has 4 aromatic rings. The predicted molar refractivity (Wildman–Crippen MR) is 150 cm³/mol. The molecule has 3 saturated heterocycles. The molecule has 7 rings (SSSR count). The van der Waals surface area contributed by atoms with Crippen LogP contribution in [0.25, 0.3) is 33.1 Å². The van der Waals surface area contributed by atoms with Crippen molar-refractivity contribution in [2.75, 3.05) is 44.8 Å². The summed E-state index contributed by atoms with van der Waals surface area (Å²) in [6, 6.07) is 9.55. The van der Waals surface area contributed by atoms with Gasteiger partial charge in [-0.1, -0.05) is 24.3 Å². The van der Waals surface area contributed by atoms with Crippen LogP contribution < -0.4 is 20.5 Å². The highest BCUT2D eigenvalue weighted by atomic mass is 19.1. The van der Waals surface area contributed by atoms with Gasteiger partial charge in [-0.3, -0.25) is 14.7 Å². The monoisotopic (exact) mass is 545 g/mol. The lowest BCUT2D eigenvalue weighted by Gasteiger charge is -2.35. The van der Waals surface area contributed by atoms with Gasteiger partial charge >= 0.3 is 6.01 Å². The summed E-state index contributed by atoms with van der Waals surface area (Å²) in [4.78, 5) is 33.3. The van der Waals surface area contributed by atoms with Crippen LogP contribution in [0.5, 0.6) is 6.01 Å². The molecule has 0 spiro atoms. The van der Waals surface area contributed by atoms with Crippen LogP contribution in [-0.4, -0.2) is 87.5 Å². The van der Waals surface area contributed by atoms with Gasteiger partial charge in [0.25, 0.3) is 0 Å². The minimum atomic E-state index is -0.647. The largest absolute Gasteiger partial charge is 0.461 e. The van der Waals surface area contributed by atoms with Gasteiger partial charge in [0.05, 0.1) is 23.2 Å². The number of pyridine rings is 2. The number of rotatable bonds is 6. The zero-order chi connectivity index (χ0) is 27.4. The Balaban J connectivity index is 1.36. The number of anilines is 1. The SMILES string of the molecule is CN1CCC[C@@]1(CO)COc1nc(N2CC3CCC(C2)N3)c2cnc(-c3[nH]c(=O)cc4ccccc34)c(F)c2n1. The maximum absolute atomic E-state index is 16.4. The Morgan fingerprint density at radius 3 is 2.73 bits per heavy atom. The molecule has 208 valence electrons. The van der Waals surface area contributed by atoms with E-state index in [-0.39, 0.29) is 36.0 Å². The Labute approximate surface area is 230 Å². The minimum absolute atomic E-state index is 0.0136. The number of H-pyrrole nitrogens is 1. The number of ether oxygens (including phenoxy) is 1. The fourth-order valence-electron chi connectivity index (χ4n) is 6.58. The molecule has 3 aromatic heterocycles. The van der Waals surface area contributed by atoms with Gasteiger partial charge in [-0.2, -0.15) is 9.97 Å². The van der Waals surface area contributed by atoms with Crippen molar-refractivity contribution in [2.45, 2.75) is 43.3 Å². The summed E-state index contributed by atoms with van der Waals surface area (Å²) in [7, 11) is 1.97. The van der Waals surface area contributed by atoms with E-state index in [1.165, 1.54) is 6.07 Å². The molecule has 3 aliphatic heterocycles. The number of piperazine rings is 1. The van der Waals surface area contributed by atoms with E-state index >= 15 is 4.39 Å². The summed E-state index contributed by atoms with van der Waals surface area (Å²) >= 11 is 0. The van der Waals surface area contributed by atoms with E-state index in [0.717, 1.165) is 45.3 Å². The van der Waals surface area contributed by atoms with Crippen molar-refractivity contribution in [1.82, 2.24) is 30.2 Å². The van der Waals surface area contributed by atoms with Gasteiger partial charge in [-0.25, -0.2) is 4.39 Å². The number of hydrogen-bond acceptors (Lipinski definition) is 9. The van der Waals surface area contributed by atoms with Crippen molar-refractivity contribution >= 4 is 27.5 Å². The standard InChI is InChI=1S/C29H32FN7O3/c1-36-10-4-9-29(36,15-38)16-40-28-34-24-21(27(35-28)37-13-18-7-8-19(14-37)32-18)12-31-26(23(24)30)25-20-6-3-2-5-17(20)11-22(39)33-25/h2-3,5-6,11-12,18-19,32,38H,4,7-10,13-16H2,1H3,(H,33,39)/t18?,19?,29-/m1/s1. The van der Waals surface area contributed by atoms with Crippen molar-refractivity contribution < 1.29 is 14.2 Å². The third-order valence-corrected chi connectivity index (χ3v) is 8.87. The maximum Gasteiger partial charge on any atom is 0.319 e. The average Bonchev–Trinajstić information content (AvgIpc) is 3.51. The first-order valence-electron chi connectivity index (χ1n) is 13.9. The highest BCUT2D eigenvalue weighted by Gasteiger charge is 2.40. The van der Waals surface area contributed by atoms with Crippen LogP contribution in [0.1, 0.15) is 25.7 Å². The lowest BCUT2D eigenvalue weighted by molar-refractivity contribution is 0.0363. The second kappa shape index (κ2) is 9.76. The van der Waals surface area contributed by atoms with Gasteiger partial charge in [-0.15, -0.1) is 0 Å². The average molecular weight is 546 g/mol. The zero-order valence-corrected chi connectivity index (χ0v) is 22.4. The summed E-state index contributed by atoms with van der Waals surface area (Å²) in [6.45, 7) is 2.48. The molecule has 0 amide bonds. The maximum atomic E-state index is 16.4. The second-order valence-corrected chi connectivity index (χ2v) is 11.3. The van der Waals surface area contributed by atoms with Crippen LogP contribution in [0, 0.1) is 5.82 Å². The first-order valence-corrected chi connectivity index (χ1v) is 13.9. The normalized spacial score (nSPS) is 24.8. The van der Waals surface area contributed by atoms with Gasteiger partial charge in [0.1, 0.15) is 23.6 Å². The van der Waals surface area contributed by atoms with Gasteiger partial charge < -0.3 is 25.0 Å². The van der Waals surface area contributed by atoms with Crippen LogP contribution >= 0.6 is 0 Å². The molecule has 3 N–H and O–H groups in total. The van der Waals surface area contributed by atoms with Gasteiger partial charge in [0, 0.05) is 42.8 Å². The van der Waals surface area contributed by atoms with E-state index in [9.17, 15) is 9.90 Å². The molecule has 0 saturated carbocycles. The number of nitrogens with zero attached hydrogens (tertiary/aromatic N) is 5. The molecule has 3 aliphatic rings. The first-order chi connectivity index (χ1) is 19.4. The summed E-state index contributed by atoms with van der Waals surface area (Å²) in [5.41, 5.74) is -0.468. The number of aromatic nitrogens is 4. The van der Waals surface area contributed by atoms with Crippen molar-refractivity contribution in [3.8, 4) is 17.4 Å². The number of aliphatic hydroxyl groups excluding tert-OH is 1. The molecule has 11 heteroatoms. The Hall–Kier alpha value is -3.67. The number of aliphatic hydroxyl groups is 1. The number of likely N-dealkylation sites (N-methyl/N-ethyl adjacent to an activating group) is 1. The molecule has 40 heavy (non-hydrogen) atoms.